The normalized spacial score (nSPS) is 11.8. The molecular formula is C39H56N2O3. The average molecular weight is 601 g/mol. The fourth-order valence-corrected chi connectivity index (χ4v) is 5.32. The van der Waals surface area contributed by atoms with E-state index in [1.807, 2.05) is 60.9 Å². The highest BCUT2D eigenvalue weighted by atomic mass is 16.5. The summed E-state index contributed by atoms with van der Waals surface area (Å²) in [4.78, 5) is 21.4. The van der Waals surface area contributed by atoms with Crippen molar-refractivity contribution in [2.45, 2.75) is 130 Å². The molecule has 5 nitrogen and oxygen atoms in total. The molecule has 1 aromatic heterocycles. The van der Waals surface area contributed by atoms with Gasteiger partial charge in [0, 0.05) is 29.9 Å². The molecule has 240 valence electrons. The number of ether oxygens (including phenoxy) is 2. The number of aromatic nitrogens is 2. The van der Waals surface area contributed by atoms with Gasteiger partial charge < -0.3 is 9.47 Å². The maximum absolute atomic E-state index is 12.2. The summed E-state index contributed by atoms with van der Waals surface area (Å²) in [5, 5.41) is 0. The largest absolute Gasteiger partial charge is 0.494 e. The van der Waals surface area contributed by atoms with Gasteiger partial charge in [-0.15, -0.1) is 0 Å². The zero-order chi connectivity index (χ0) is 31.2. The molecule has 0 fully saturated rings. The van der Waals surface area contributed by atoms with E-state index >= 15 is 0 Å². The van der Waals surface area contributed by atoms with Crippen molar-refractivity contribution >= 4 is 5.97 Å². The van der Waals surface area contributed by atoms with Crippen LogP contribution in [-0.4, -0.2) is 22.5 Å². The molecule has 2 aromatic carbocycles. The predicted octanol–water partition coefficient (Wildman–Crippen LogP) is 11.4. The highest BCUT2D eigenvalue weighted by Crippen LogP contribution is 2.25. The monoisotopic (exact) mass is 600 g/mol. The Bertz CT molecular complexity index is 1160. The van der Waals surface area contributed by atoms with E-state index < -0.39 is 0 Å². The molecule has 0 saturated carbocycles. The van der Waals surface area contributed by atoms with Crippen molar-refractivity contribution < 1.29 is 14.3 Å². The van der Waals surface area contributed by atoms with Gasteiger partial charge >= 0.3 is 5.97 Å². The van der Waals surface area contributed by atoms with E-state index in [2.05, 4.69) is 30.7 Å². The number of hydrogen-bond acceptors (Lipinski definition) is 5. The van der Waals surface area contributed by atoms with E-state index in [1.165, 1.54) is 83.5 Å². The number of esters is 1. The van der Waals surface area contributed by atoms with Gasteiger partial charge in [-0.25, -0.2) is 9.97 Å². The predicted molar refractivity (Wildman–Crippen MR) is 183 cm³/mol. The SMILES string of the molecule is CCCCCCCCCCCCCOc1ccc(-c2ncc(-c3ccc(OC(=O)CCCCCC(C)CC)cc3)cn2)cc1. The fraction of sp³-hybridized carbons (Fsp3) is 0.564. The quantitative estimate of drug-likeness (QED) is 0.0615. The van der Waals surface area contributed by atoms with E-state index in [0.717, 1.165) is 54.2 Å². The Kier molecular flexibility index (Phi) is 17.2. The van der Waals surface area contributed by atoms with Crippen LogP contribution in [-0.2, 0) is 4.79 Å². The number of carbonyl (C=O) groups excluding carboxylic acids is 1. The first-order valence-corrected chi connectivity index (χ1v) is 17.5. The molecule has 0 radical (unpaired) electrons. The van der Waals surface area contributed by atoms with Crippen LogP contribution in [0.2, 0.25) is 0 Å². The van der Waals surface area contributed by atoms with Gasteiger partial charge in [0.25, 0.3) is 0 Å². The van der Waals surface area contributed by atoms with Gasteiger partial charge in [-0.05, 0) is 60.7 Å². The van der Waals surface area contributed by atoms with Crippen LogP contribution in [0.4, 0.5) is 0 Å². The number of unbranched alkanes of at least 4 members (excludes halogenated alkanes) is 12. The van der Waals surface area contributed by atoms with Crippen LogP contribution in [0.5, 0.6) is 11.5 Å². The molecule has 0 spiro atoms. The Labute approximate surface area is 267 Å². The van der Waals surface area contributed by atoms with E-state index in [-0.39, 0.29) is 5.97 Å². The molecule has 0 aliphatic heterocycles. The molecule has 0 amide bonds. The Balaban J connectivity index is 1.32. The van der Waals surface area contributed by atoms with E-state index in [9.17, 15) is 4.79 Å². The van der Waals surface area contributed by atoms with Crippen LogP contribution in [0.1, 0.15) is 130 Å². The molecule has 3 rings (SSSR count). The van der Waals surface area contributed by atoms with Crippen molar-refractivity contribution in [3.63, 3.8) is 0 Å². The molecule has 0 N–H and O–H groups in total. The summed E-state index contributed by atoms with van der Waals surface area (Å²) in [5.41, 5.74) is 2.85. The maximum Gasteiger partial charge on any atom is 0.311 e. The second kappa shape index (κ2) is 21.5. The van der Waals surface area contributed by atoms with Crippen LogP contribution in [0, 0.1) is 5.92 Å². The highest BCUT2D eigenvalue weighted by molar-refractivity contribution is 5.73. The first-order valence-electron chi connectivity index (χ1n) is 17.5. The van der Waals surface area contributed by atoms with Crippen molar-refractivity contribution in [3.05, 3.63) is 60.9 Å². The van der Waals surface area contributed by atoms with Crippen molar-refractivity contribution in [1.82, 2.24) is 9.97 Å². The smallest absolute Gasteiger partial charge is 0.311 e. The number of carbonyl (C=O) groups is 1. The second-order valence-electron chi connectivity index (χ2n) is 12.3. The van der Waals surface area contributed by atoms with Gasteiger partial charge in [0.2, 0.25) is 0 Å². The lowest BCUT2D eigenvalue weighted by Gasteiger charge is -2.08. The molecule has 5 heteroatoms. The summed E-state index contributed by atoms with van der Waals surface area (Å²) in [6, 6.07) is 15.6. The van der Waals surface area contributed by atoms with Crippen LogP contribution in [0.25, 0.3) is 22.5 Å². The third kappa shape index (κ3) is 14.1. The van der Waals surface area contributed by atoms with Crippen molar-refractivity contribution in [2.24, 2.45) is 5.92 Å². The standard InChI is InChI=1S/C39H56N2O3/c1-4-6-7-8-9-10-11-12-13-14-18-29-43-36-25-23-34(24-26-36)39-40-30-35(31-41-39)33-21-27-37(28-22-33)44-38(42)20-17-15-16-19-32(3)5-2/h21-28,30-32H,4-20,29H2,1-3H3. The van der Waals surface area contributed by atoms with E-state index in [4.69, 9.17) is 9.47 Å². The minimum atomic E-state index is -0.167. The van der Waals surface area contributed by atoms with Crippen LogP contribution >= 0.6 is 0 Å². The minimum absolute atomic E-state index is 0.167. The molecule has 1 heterocycles. The molecule has 0 saturated heterocycles. The molecule has 0 aliphatic carbocycles. The van der Waals surface area contributed by atoms with Gasteiger partial charge in [0.15, 0.2) is 5.82 Å². The van der Waals surface area contributed by atoms with Gasteiger partial charge in [-0.1, -0.05) is 123 Å². The Hall–Kier alpha value is -3.21. The second-order valence-corrected chi connectivity index (χ2v) is 12.3. The van der Waals surface area contributed by atoms with Crippen LogP contribution in [0.15, 0.2) is 60.9 Å². The summed E-state index contributed by atoms with van der Waals surface area (Å²) in [6.07, 6.45) is 24.4. The summed E-state index contributed by atoms with van der Waals surface area (Å²) in [7, 11) is 0. The Morgan fingerprint density at radius 1 is 0.636 bits per heavy atom. The molecule has 44 heavy (non-hydrogen) atoms. The van der Waals surface area contributed by atoms with Crippen molar-refractivity contribution in [2.75, 3.05) is 6.61 Å². The van der Waals surface area contributed by atoms with E-state index in [1.54, 1.807) is 0 Å². The maximum atomic E-state index is 12.2. The molecule has 3 aromatic rings. The summed E-state index contributed by atoms with van der Waals surface area (Å²) in [5.74, 6) is 2.74. The Morgan fingerprint density at radius 2 is 1.18 bits per heavy atom. The number of hydrogen-bond donors (Lipinski definition) is 0. The lowest BCUT2D eigenvalue weighted by Crippen LogP contribution is -2.07. The lowest BCUT2D eigenvalue weighted by atomic mass is 10.0. The zero-order valence-corrected chi connectivity index (χ0v) is 27.7. The third-order valence-corrected chi connectivity index (χ3v) is 8.48. The number of benzene rings is 2. The summed E-state index contributed by atoms with van der Waals surface area (Å²) >= 11 is 0. The molecule has 0 bridgehead atoms. The molecule has 0 aliphatic rings. The molecule has 1 unspecified atom stereocenters. The Morgan fingerprint density at radius 3 is 1.80 bits per heavy atom. The van der Waals surface area contributed by atoms with Crippen molar-refractivity contribution in [1.29, 1.82) is 0 Å². The first-order chi connectivity index (χ1) is 21.6. The number of rotatable bonds is 23. The lowest BCUT2D eigenvalue weighted by molar-refractivity contribution is -0.134. The number of nitrogens with zero attached hydrogens (tertiary/aromatic N) is 2. The van der Waals surface area contributed by atoms with E-state index in [0.29, 0.717) is 18.0 Å². The fourth-order valence-electron chi connectivity index (χ4n) is 5.32. The summed E-state index contributed by atoms with van der Waals surface area (Å²) in [6.45, 7) is 7.55. The zero-order valence-electron chi connectivity index (χ0n) is 27.7. The molecular weight excluding hydrogens is 544 g/mol. The van der Waals surface area contributed by atoms with Gasteiger partial charge in [0.1, 0.15) is 11.5 Å². The molecule has 1 atom stereocenters. The highest BCUT2D eigenvalue weighted by Gasteiger charge is 2.08. The first kappa shape index (κ1) is 35.3. The summed E-state index contributed by atoms with van der Waals surface area (Å²) < 4.78 is 11.5. The van der Waals surface area contributed by atoms with Gasteiger partial charge in [0.05, 0.1) is 6.61 Å². The van der Waals surface area contributed by atoms with Crippen LogP contribution < -0.4 is 9.47 Å². The average Bonchev–Trinajstić information content (AvgIpc) is 3.05. The third-order valence-electron chi connectivity index (χ3n) is 8.48. The minimum Gasteiger partial charge on any atom is -0.494 e. The van der Waals surface area contributed by atoms with Crippen LogP contribution in [0.3, 0.4) is 0 Å². The van der Waals surface area contributed by atoms with Crippen molar-refractivity contribution in [3.8, 4) is 34.0 Å². The topological polar surface area (TPSA) is 61.3 Å². The van der Waals surface area contributed by atoms with Gasteiger partial charge in [-0.3, -0.25) is 4.79 Å². The van der Waals surface area contributed by atoms with Gasteiger partial charge in [-0.2, -0.15) is 0 Å².